The SMILES string of the molecule is CC(C)C(C(=O)Nc1ccc(O)c(C(=O)O)c1)N1C(=O)/C(=C/c2ccco2)SC1=S. The Balaban J connectivity index is 1.86. The number of carbonyl (C=O) groups is 3. The number of amides is 2. The number of carboxylic acid groups (broad SMARTS) is 1. The zero-order valence-electron chi connectivity index (χ0n) is 16.0. The summed E-state index contributed by atoms with van der Waals surface area (Å²) >= 11 is 6.42. The van der Waals surface area contributed by atoms with Gasteiger partial charge in [0, 0.05) is 11.8 Å². The third-order valence-corrected chi connectivity index (χ3v) is 5.64. The zero-order valence-corrected chi connectivity index (χ0v) is 17.6. The third kappa shape index (κ3) is 4.39. The van der Waals surface area contributed by atoms with Crippen molar-refractivity contribution in [2.24, 2.45) is 5.92 Å². The summed E-state index contributed by atoms with van der Waals surface area (Å²) in [7, 11) is 0. The maximum absolute atomic E-state index is 13.0. The molecule has 1 aromatic heterocycles. The summed E-state index contributed by atoms with van der Waals surface area (Å²) in [5.41, 5.74) is -0.168. The number of carboxylic acids is 1. The van der Waals surface area contributed by atoms with Gasteiger partial charge in [0.25, 0.3) is 5.91 Å². The van der Waals surface area contributed by atoms with E-state index in [1.807, 2.05) is 0 Å². The highest BCUT2D eigenvalue weighted by molar-refractivity contribution is 8.26. The van der Waals surface area contributed by atoms with Crippen LogP contribution in [-0.2, 0) is 9.59 Å². The standard InChI is InChI=1S/C20H18N2O6S2/c1-10(2)16(17(24)21-11-5-6-14(23)13(8-11)19(26)27)22-18(25)15(30-20(22)29)9-12-4-3-7-28-12/h3-10,16,23H,1-2H3,(H,21,24)(H,26,27)/b15-9-. The molecule has 30 heavy (non-hydrogen) atoms. The van der Waals surface area contributed by atoms with Crippen LogP contribution in [0.15, 0.2) is 45.9 Å². The molecule has 1 aromatic carbocycles. The van der Waals surface area contributed by atoms with Crippen LogP contribution in [-0.4, -0.2) is 43.3 Å². The zero-order chi connectivity index (χ0) is 22.0. The fourth-order valence-electron chi connectivity index (χ4n) is 2.94. The smallest absolute Gasteiger partial charge is 0.339 e. The predicted octanol–water partition coefficient (Wildman–Crippen LogP) is 3.55. The van der Waals surface area contributed by atoms with E-state index in [0.29, 0.717) is 10.7 Å². The number of aromatic hydroxyl groups is 1. The van der Waals surface area contributed by atoms with Gasteiger partial charge in [-0.3, -0.25) is 14.5 Å². The Hall–Kier alpha value is -3.11. The van der Waals surface area contributed by atoms with Gasteiger partial charge in [-0.1, -0.05) is 37.8 Å². The first-order chi connectivity index (χ1) is 14.2. The molecule has 0 aliphatic carbocycles. The van der Waals surface area contributed by atoms with Crippen LogP contribution in [0.2, 0.25) is 0 Å². The lowest BCUT2D eigenvalue weighted by Crippen LogP contribution is -2.49. The van der Waals surface area contributed by atoms with E-state index in [9.17, 15) is 19.5 Å². The highest BCUT2D eigenvalue weighted by Crippen LogP contribution is 2.36. The molecule has 2 aromatic rings. The molecule has 3 N–H and O–H groups in total. The van der Waals surface area contributed by atoms with Crippen molar-refractivity contribution in [3.8, 4) is 5.75 Å². The lowest BCUT2D eigenvalue weighted by atomic mass is 10.0. The molecular formula is C20H18N2O6S2. The Labute approximate surface area is 181 Å². The number of benzene rings is 1. The number of carbonyl (C=O) groups excluding carboxylic acids is 2. The quantitative estimate of drug-likeness (QED) is 0.350. The summed E-state index contributed by atoms with van der Waals surface area (Å²) in [6.45, 7) is 3.55. The van der Waals surface area contributed by atoms with Crippen LogP contribution in [0.3, 0.4) is 0 Å². The van der Waals surface area contributed by atoms with E-state index in [4.69, 9.17) is 21.7 Å². The molecule has 3 rings (SSSR count). The van der Waals surface area contributed by atoms with Crippen LogP contribution < -0.4 is 5.32 Å². The number of phenols is 1. The van der Waals surface area contributed by atoms with E-state index in [1.165, 1.54) is 23.3 Å². The number of rotatable bonds is 6. The van der Waals surface area contributed by atoms with Gasteiger partial charge < -0.3 is 19.9 Å². The second-order valence-corrected chi connectivity index (χ2v) is 8.46. The van der Waals surface area contributed by atoms with E-state index in [2.05, 4.69) is 5.32 Å². The van der Waals surface area contributed by atoms with E-state index in [0.717, 1.165) is 17.8 Å². The number of anilines is 1. The third-order valence-electron chi connectivity index (χ3n) is 4.31. The van der Waals surface area contributed by atoms with Gasteiger partial charge >= 0.3 is 5.97 Å². The Bertz CT molecular complexity index is 1050. The van der Waals surface area contributed by atoms with Crippen molar-refractivity contribution in [2.45, 2.75) is 19.9 Å². The van der Waals surface area contributed by atoms with Crippen molar-refractivity contribution in [3.05, 3.63) is 52.8 Å². The number of furan rings is 1. The number of hydrogen-bond acceptors (Lipinski definition) is 7. The highest BCUT2D eigenvalue weighted by Gasteiger charge is 2.42. The second kappa shape index (κ2) is 8.72. The van der Waals surface area contributed by atoms with Gasteiger partial charge in [-0.25, -0.2) is 4.79 Å². The summed E-state index contributed by atoms with van der Waals surface area (Å²) in [5, 5.41) is 21.4. The summed E-state index contributed by atoms with van der Waals surface area (Å²) in [6, 6.07) is 6.17. The molecule has 2 amide bonds. The molecule has 0 bridgehead atoms. The minimum atomic E-state index is -1.33. The molecule has 10 heteroatoms. The minimum absolute atomic E-state index is 0.178. The number of nitrogens with zero attached hydrogens (tertiary/aromatic N) is 1. The maximum Gasteiger partial charge on any atom is 0.339 e. The average Bonchev–Trinajstić information content (AvgIpc) is 3.27. The van der Waals surface area contributed by atoms with Gasteiger partial charge in [-0.05, 0) is 36.2 Å². The molecule has 0 spiro atoms. The highest BCUT2D eigenvalue weighted by atomic mass is 32.2. The molecule has 1 saturated heterocycles. The van der Waals surface area contributed by atoms with Crippen molar-refractivity contribution in [1.82, 2.24) is 4.90 Å². The minimum Gasteiger partial charge on any atom is -0.507 e. The molecule has 8 nitrogen and oxygen atoms in total. The Morgan fingerprint density at radius 1 is 1.30 bits per heavy atom. The van der Waals surface area contributed by atoms with Gasteiger partial charge in [-0.2, -0.15) is 0 Å². The van der Waals surface area contributed by atoms with Crippen LogP contribution in [0.25, 0.3) is 6.08 Å². The number of aromatic carboxylic acids is 1. The molecule has 1 atom stereocenters. The van der Waals surface area contributed by atoms with Crippen LogP contribution in [0, 0.1) is 5.92 Å². The number of nitrogens with one attached hydrogen (secondary N) is 1. The maximum atomic E-state index is 13.0. The molecule has 1 unspecified atom stereocenters. The van der Waals surface area contributed by atoms with E-state index < -0.39 is 29.6 Å². The number of thiocarbonyl (C=S) groups is 1. The van der Waals surface area contributed by atoms with Crippen molar-refractivity contribution in [2.75, 3.05) is 5.32 Å². The molecule has 1 aliphatic rings. The van der Waals surface area contributed by atoms with Crippen LogP contribution in [0.4, 0.5) is 5.69 Å². The first kappa shape index (κ1) is 21.6. The normalized spacial score (nSPS) is 16.4. The van der Waals surface area contributed by atoms with Gasteiger partial charge in [0.2, 0.25) is 5.91 Å². The van der Waals surface area contributed by atoms with E-state index in [-0.39, 0.29) is 21.5 Å². The topological polar surface area (TPSA) is 120 Å². The van der Waals surface area contributed by atoms with Crippen molar-refractivity contribution in [3.63, 3.8) is 0 Å². The summed E-state index contributed by atoms with van der Waals surface area (Å²) < 4.78 is 5.48. The van der Waals surface area contributed by atoms with Crippen LogP contribution in [0.5, 0.6) is 5.75 Å². The fourth-order valence-corrected chi connectivity index (χ4v) is 4.25. The van der Waals surface area contributed by atoms with Gasteiger partial charge in [0.05, 0.1) is 11.2 Å². The average molecular weight is 447 g/mol. The first-order valence-electron chi connectivity index (χ1n) is 8.86. The largest absolute Gasteiger partial charge is 0.507 e. The number of thioether (sulfide) groups is 1. The number of hydrogen-bond donors (Lipinski definition) is 3. The molecule has 156 valence electrons. The lowest BCUT2D eigenvalue weighted by molar-refractivity contribution is -0.131. The monoisotopic (exact) mass is 446 g/mol. The Morgan fingerprint density at radius 2 is 2.03 bits per heavy atom. The molecule has 1 aliphatic heterocycles. The predicted molar refractivity (Wildman–Crippen MR) is 116 cm³/mol. The Morgan fingerprint density at radius 3 is 2.63 bits per heavy atom. The van der Waals surface area contributed by atoms with Crippen molar-refractivity contribution < 1.29 is 29.0 Å². The van der Waals surface area contributed by atoms with Crippen molar-refractivity contribution >= 4 is 57.8 Å². The molecule has 1 fully saturated rings. The Kier molecular flexibility index (Phi) is 6.28. The van der Waals surface area contributed by atoms with Gasteiger partial charge in [-0.15, -0.1) is 0 Å². The summed E-state index contributed by atoms with van der Waals surface area (Å²) in [6.07, 6.45) is 3.05. The summed E-state index contributed by atoms with van der Waals surface area (Å²) in [5.74, 6) is -2.47. The van der Waals surface area contributed by atoms with Gasteiger partial charge in [0.1, 0.15) is 27.4 Å². The summed E-state index contributed by atoms with van der Waals surface area (Å²) in [4.78, 5) is 38.8. The first-order valence-corrected chi connectivity index (χ1v) is 10.1. The van der Waals surface area contributed by atoms with Crippen molar-refractivity contribution in [1.29, 1.82) is 0 Å². The molecule has 0 radical (unpaired) electrons. The second-order valence-electron chi connectivity index (χ2n) is 6.78. The van der Waals surface area contributed by atoms with E-state index >= 15 is 0 Å². The molecule has 0 saturated carbocycles. The van der Waals surface area contributed by atoms with E-state index in [1.54, 1.807) is 32.1 Å². The fraction of sp³-hybridized carbons (Fsp3) is 0.200. The van der Waals surface area contributed by atoms with Gasteiger partial charge in [0.15, 0.2) is 0 Å². The van der Waals surface area contributed by atoms with Crippen LogP contribution in [0.1, 0.15) is 30.0 Å². The lowest BCUT2D eigenvalue weighted by Gasteiger charge is -2.29. The van der Waals surface area contributed by atoms with Crippen LogP contribution >= 0.6 is 24.0 Å². The molecule has 2 heterocycles. The molecular weight excluding hydrogens is 428 g/mol.